The van der Waals surface area contributed by atoms with Gasteiger partial charge in [0.15, 0.2) is 11.5 Å². The summed E-state index contributed by atoms with van der Waals surface area (Å²) in [6, 6.07) is 20.7. The second kappa shape index (κ2) is 6.64. The van der Waals surface area contributed by atoms with Crippen LogP contribution in [0, 0.1) is 0 Å². The summed E-state index contributed by atoms with van der Waals surface area (Å²) in [5.41, 5.74) is 5.52. The Morgan fingerprint density at radius 3 is 2.35 bits per heavy atom. The summed E-state index contributed by atoms with van der Waals surface area (Å²) in [4.78, 5) is 0. The molecule has 0 saturated carbocycles. The molecule has 4 aromatic rings. The van der Waals surface area contributed by atoms with Gasteiger partial charge in [-0.2, -0.15) is 0 Å². The van der Waals surface area contributed by atoms with Crippen LogP contribution < -0.4 is 4.74 Å². The normalized spacial score (nSPS) is 11.2. The number of rotatable bonds is 4. The lowest BCUT2D eigenvalue weighted by molar-refractivity contribution is 0.415. The Balaban J connectivity index is 1.80. The summed E-state index contributed by atoms with van der Waals surface area (Å²) in [6.45, 7) is 4.42. The fourth-order valence-electron chi connectivity index (χ4n) is 3.08. The van der Waals surface area contributed by atoms with E-state index in [0.717, 1.165) is 28.3 Å². The van der Waals surface area contributed by atoms with Crippen LogP contribution in [0.2, 0.25) is 0 Å². The molecule has 0 aliphatic carbocycles. The van der Waals surface area contributed by atoms with Crippen molar-refractivity contribution in [3.8, 4) is 28.3 Å². The van der Waals surface area contributed by atoms with Crippen LogP contribution in [0.4, 0.5) is 0 Å². The average molecular weight is 343 g/mol. The molecule has 0 aliphatic heterocycles. The van der Waals surface area contributed by atoms with Gasteiger partial charge in [0.05, 0.1) is 7.11 Å². The Morgan fingerprint density at radius 2 is 1.62 bits per heavy atom. The van der Waals surface area contributed by atoms with Crippen LogP contribution in [-0.4, -0.2) is 21.7 Å². The SMILES string of the molecule is COc1ccc(-c2nnc3ccc(-c4cccc(C(C)C)c4)cn23)cc1. The van der Waals surface area contributed by atoms with E-state index in [4.69, 9.17) is 4.74 Å². The molecule has 0 spiro atoms. The third-order valence-corrected chi connectivity index (χ3v) is 4.64. The summed E-state index contributed by atoms with van der Waals surface area (Å²) in [5.74, 6) is 2.15. The van der Waals surface area contributed by atoms with E-state index in [0.29, 0.717) is 5.92 Å². The standard InChI is InChI=1S/C22H21N3O/c1-15(2)17-5-4-6-18(13-17)19-9-12-21-23-24-22(25(21)14-19)16-7-10-20(26-3)11-8-16/h4-15H,1-3H3. The van der Waals surface area contributed by atoms with Gasteiger partial charge >= 0.3 is 0 Å². The highest BCUT2D eigenvalue weighted by Crippen LogP contribution is 2.27. The van der Waals surface area contributed by atoms with Gasteiger partial charge in [-0.15, -0.1) is 10.2 Å². The number of benzene rings is 2. The van der Waals surface area contributed by atoms with Crippen molar-refractivity contribution in [2.45, 2.75) is 19.8 Å². The molecule has 0 N–H and O–H groups in total. The first-order valence-electron chi connectivity index (χ1n) is 8.75. The molecule has 2 aromatic carbocycles. The molecule has 0 bridgehead atoms. The van der Waals surface area contributed by atoms with Crippen LogP contribution in [-0.2, 0) is 0 Å². The van der Waals surface area contributed by atoms with E-state index >= 15 is 0 Å². The molecule has 4 rings (SSSR count). The number of aromatic nitrogens is 3. The molecule has 130 valence electrons. The van der Waals surface area contributed by atoms with Gasteiger partial charge in [0.25, 0.3) is 0 Å². The highest BCUT2D eigenvalue weighted by atomic mass is 16.5. The van der Waals surface area contributed by atoms with Crippen molar-refractivity contribution in [2.75, 3.05) is 7.11 Å². The molecule has 0 unspecified atom stereocenters. The number of hydrogen-bond donors (Lipinski definition) is 0. The van der Waals surface area contributed by atoms with Crippen molar-refractivity contribution < 1.29 is 4.74 Å². The van der Waals surface area contributed by atoms with Crippen molar-refractivity contribution in [1.29, 1.82) is 0 Å². The van der Waals surface area contributed by atoms with E-state index in [1.54, 1.807) is 7.11 Å². The summed E-state index contributed by atoms with van der Waals surface area (Å²) in [6.07, 6.45) is 2.11. The zero-order valence-corrected chi connectivity index (χ0v) is 15.2. The van der Waals surface area contributed by atoms with Gasteiger partial charge in [0, 0.05) is 11.8 Å². The highest BCUT2D eigenvalue weighted by molar-refractivity contribution is 5.68. The first-order valence-corrected chi connectivity index (χ1v) is 8.75. The predicted molar refractivity (Wildman–Crippen MR) is 105 cm³/mol. The van der Waals surface area contributed by atoms with Crippen LogP contribution in [0.15, 0.2) is 66.9 Å². The van der Waals surface area contributed by atoms with Crippen molar-refractivity contribution in [1.82, 2.24) is 14.6 Å². The first-order chi connectivity index (χ1) is 12.7. The molecule has 0 amide bonds. The average Bonchev–Trinajstić information content (AvgIpc) is 3.11. The van der Waals surface area contributed by atoms with Crippen molar-refractivity contribution >= 4 is 5.65 Å². The number of pyridine rings is 1. The maximum absolute atomic E-state index is 5.24. The summed E-state index contributed by atoms with van der Waals surface area (Å²) in [5, 5.41) is 8.67. The first kappa shape index (κ1) is 16.3. The minimum absolute atomic E-state index is 0.503. The van der Waals surface area contributed by atoms with Crippen LogP contribution in [0.3, 0.4) is 0 Å². The Morgan fingerprint density at radius 1 is 0.846 bits per heavy atom. The number of methoxy groups -OCH3 is 1. The van der Waals surface area contributed by atoms with Gasteiger partial charge in [0.1, 0.15) is 5.75 Å². The molecule has 0 radical (unpaired) electrons. The Kier molecular flexibility index (Phi) is 4.17. The minimum Gasteiger partial charge on any atom is -0.497 e. The molecular weight excluding hydrogens is 322 g/mol. The topological polar surface area (TPSA) is 39.4 Å². The molecular formula is C22H21N3O. The smallest absolute Gasteiger partial charge is 0.168 e. The second-order valence-corrected chi connectivity index (χ2v) is 6.68. The van der Waals surface area contributed by atoms with E-state index in [1.165, 1.54) is 11.1 Å². The third kappa shape index (κ3) is 2.94. The second-order valence-electron chi connectivity index (χ2n) is 6.68. The number of hydrogen-bond acceptors (Lipinski definition) is 3. The number of ether oxygens (including phenoxy) is 1. The summed E-state index contributed by atoms with van der Waals surface area (Å²) in [7, 11) is 1.67. The maximum atomic E-state index is 5.24. The third-order valence-electron chi connectivity index (χ3n) is 4.64. The summed E-state index contributed by atoms with van der Waals surface area (Å²) >= 11 is 0. The lowest BCUT2D eigenvalue weighted by Gasteiger charge is -2.09. The molecule has 0 aliphatic rings. The molecule has 4 heteroatoms. The lowest BCUT2D eigenvalue weighted by Crippen LogP contribution is -1.92. The minimum atomic E-state index is 0.503. The highest BCUT2D eigenvalue weighted by Gasteiger charge is 2.10. The van der Waals surface area contributed by atoms with Gasteiger partial charge in [-0.05, 0) is 59.0 Å². The molecule has 0 fully saturated rings. The van der Waals surface area contributed by atoms with Crippen molar-refractivity contribution in [3.63, 3.8) is 0 Å². The van der Waals surface area contributed by atoms with Crippen LogP contribution >= 0.6 is 0 Å². The summed E-state index contributed by atoms with van der Waals surface area (Å²) < 4.78 is 7.28. The maximum Gasteiger partial charge on any atom is 0.168 e. The van der Waals surface area contributed by atoms with Crippen LogP contribution in [0.5, 0.6) is 5.75 Å². The van der Waals surface area contributed by atoms with E-state index in [2.05, 4.69) is 60.6 Å². The van der Waals surface area contributed by atoms with Crippen molar-refractivity contribution in [2.24, 2.45) is 0 Å². The zero-order valence-electron chi connectivity index (χ0n) is 15.2. The van der Waals surface area contributed by atoms with Gasteiger partial charge in [-0.3, -0.25) is 4.40 Å². The number of fused-ring (bicyclic) bond motifs is 1. The molecule has 4 nitrogen and oxygen atoms in total. The monoisotopic (exact) mass is 343 g/mol. The number of nitrogens with zero attached hydrogens (tertiary/aromatic N) is 3. The van der Waals surface area contributed by atoms with E-state index in [1.807, 2.05) is 34.7 Å². The fourth-order valence-corrected chi connectivity index (χ4v) is 3.08. The fraction of sp³-hybridized carbons (Fsp3) is 0.182. The van der Waals surface area contributed by atoms with Gasteiger partial charge in [-0.1, -0.05) is 38.1 Å². The van der Waals surface area contributed by atoms with Gasteiger partial charge in [0.2, 0.25) is 0 Å². The largest absolute Gasteiger partial charge is 0.497 e. The predicted octanol–water partition coefficient (Wildman–Crippen LogP) is 5.20. The Labute approximate surface area is 153 Å². The Hall–Kier alpha value is -3.14. The van der Waals surface area contributed by atoms with E-state index < -0.39 is 0 Å². The van der Waals surface area contributed by atoms with Crippen LogP contribution in [0.25, 0.3) is 28.2 Å². The lowest BCUT2D eigenvalue weighted by atomic mass is 9.98. The Bertz CT molecular complexity index is 1050. The van der Waals surface area contributed by atoms with Crippen LogP contribution in [0.1, 0.15) is 25.3 Å². The van der Waals surface area contributed by atoms with E-state index in [-0.39, 0.29) is 0 Å². The van der Waals surface area contributed by atoms with Gasteiger partial charge < -0.3 is 4.74 Å². The van der Waals surface area contributed by atoms with E-state index in [9.17, 15) is 0 Å². The molecule has 2 heterocycles. The molecule has 26 heavy (non-hydrogen) atoms. The molecule has 0 saturated heterocycles. The van der Waals surface area contributed by atoms with Gasteiger partial charge in [-0.25, -0.2) is 0 Å². The molecule has 2 aromatic heterocycles. The zero-order chi connectivity index (χ0) is 18.1. The molecule has 0 atom stereocenters. The van der Waals surface area contributed by atoms with Crippen molar-refractivity contribution in [3.05, 3.63) is 72.4 Å². The quantitative estimate of drug-likeness (QED) is 0.511.